The van der Waals surface area contributed by atoms with Crippen molar-refractivity contribution in [2.45, 2.75) is 12.9 Å². The van der Waals surface area contributed by atoms with Crippen molar-refractivity contribution < 1.29 is 22.6 Å². The van der Waals surface area contributed by atoms with Crippen LogP contribution in [0, 0.1) is 0 Å². The molecule has 2 aromatic carbocycles. The first-order valence-electron chi connectivity index (χ1n) is 10.1. The van der Waals surface area contributed by atoms with Gasteiger partial charge in [-0.15, -0.1) is 18.3 Å². The number of benzene rings is 2. The number of hydrogen-bond donors (Lipinski definition) is 1. The molecule has 0 amide bonds. The van der Waals surface area contributed by atoms with Crippen LogP contribution in [-0.4, -0.2) is 34.4 Å². The number of anilines is 2. The van der Waals surface area contributed by atoms with Crippen molar-refractivity contribution in [2.24, 2.45) is 0 Å². The zero-order valence-electron chi connectivity index (χ0n) is 17.9. The maximum atomic E-state index is 13.1. The molecule has 0 saturated heterocycles. The SMILES string of the molecule is COCCn1cccc(Nc2nn(-c3ccc(OC(F)(F)F)cc3)c(=O)c3ccccc23)c1=O. The molecule has 0 aliphatic heterocycles. The van der Waals surface area contributed by atoms with E-state index in [2.05, 4.69) is 15.2 Å². The smallest absolute Gasteiger partial charge is 0.406 e. The van der Waals surface area contributed by atoms with Gasteiger partial charge in [0.15, 0.2) is 5.82 Å². The zero-order valence-corrected chi connectivity index (χ0v) is 17.9. The number of rotatable bonds is 7. The average Bonchev–Trinajstić information content (AvgIpc) is 2.81. The largest absolute Gasteiger partial charge is 0.573 e. The number of alkyl halides is 3. The summed E-state index contributed by atoms with van der Waals surface area (Å²) in [5.41, 5.74) is -0.331. The van der Waals surface area contributed by atoms with Crippen LogP contribution >= 0.6 is 0 Å². The molecule has 0 aliphatic carbocycles. The van der Waals surface area contributed by atoms with E-state index in [4.69, 9.17) is 4.74 Å². The van der Waals surface area contributed by atoms with Crippen molar-refractivity contribution in [3.63, 3.8) is 0 Å². The molecule has 11 heteroatoms. The van der Waals surface area contributed by atoms with E-state index in [1.807, 2.05) is 0 Å². The lowest BCUT2D eigenvalue weighted by molar-refractivity contribution is -0.274. The summed E-state index contributed by atoms with van der Waals surface area (Å²) >= 11 is 0. The van der Waals surface area contributed by atoms with Gasteiger partial charge in [-0.2, -0.15) is 4.68 Å². The van der Waals surface area contributed by atoms with Crippen LogP contribution in [0.15, 0.2) is 76.4 Å². The predicted octanol–water partition coefficient (Wildman–Crippen LogP) is 3.84. The van der Waals surface area contributed by atoms with Crippen LogP contribution in [0.3, 0.4) is 0 Å². The number of nitrogens with one attached hydrogen (secondary N) is 1. The third kappa shape index (κ3) is 4.94. The second kappa shape index (κ2) is 9.40. The highest BCUT2D eigenvalue weighted by Crippen LogP contribution is 2.25. The van der Waals surface area contributed by atoms with E-state index in [0.29, 0.717) is 23.9 Å². The van der Waals surface area contributed by atoms with Gasteiger partial charge in [-0.1, -0.05) is 18.2 Å². The van der Waals surface area contributed by atoms with Gasteiger partial charge in [0.25, 0.3) is 11.1 Å². The van der Waals surface area contributed by atoms with Crippen molar-refractivity contribution in [2.75, 3.05) is 19.0 Å². The Balaban J connectivity index is 1.78. The van der Waals surface area contributed by atoms with Crippen LogP contribution in [0.2, 0.25) is 0 Å². The summed E-state index contributed by atoms with van der Waals surface area (Å²) in [6.45, 7) is 0.703. The molecule has 0 unspecified atom stereocenters. The van der Waals surface area contributed by atoms with Crippen molar-refractivity contribution in [3.05, 3.63) is 87.6 Å². The third-order valence-electron chi connectivity index (χ3n) is 4.93. The fourth-order valence-electron chi connectivity index (χ4n) is 3.37. The highest BCUT2D eigenvalue weighted by Gasteiger charge is 2.31. The Hall–Kier alpha value is -4.12. The maximum absolute atomic E-state index is 13.1. The summed E-state index contributed by atoms with van der Waals surface area (Å²) in [4.78, 5) is 25.9. The zero-order chi connectivity index (χ0) is 24.3. The number of hydrogen-bond acceptors (Lipinski definition) is 6. The Morgan fingerprint density at radius 3 is 2.32 bits per heavy atom. The van der Waals surface area contributed by atoms with Gasteiger partial charge >= 0.3 is 6.36 Å². The van der Waals surface area contributed by atoms with E-state index in [0.717, 1.165) is 16.8 Å². The molecule has 0 bridgehead atoms. The molecular weight excluding hydrogens is 453 g/mol. The Labute approximate surface area is 190 Å². The van der Waals surface area contributed by atoms with Crippen LogP contribution in [0.5, 0.6) is 5.75 Å². The molecule has 34 heavy (non-hydrogen) atoms. The fraction of sp³-hybridized carbons (Fsp3) is 0.174. The number of aromatic nitrogens is 3. The molecule has 0 radical (unpaired) electrons. The van der Waals surface area contributed by atoms with Crippen LogP contribution in [0.1, 0.15) is 0 Å². The van der Waals surface area contributed by atoms with Gasteiger partial charge in [-0.25, -0.2) is 0 Å². The van der Waals surface area contributed by atoms with Gasteiger partial charge in [0, 0.05) is 25.2 Å². The third-order valence-corrected chi connectivity index (χ3v) is 4.93. The van der Waals surface area contributed by atoms with Gasteiger partial charge in [-0.3, -0.25) is 9.59 Å². The van der Waals surface area contributed by atoms with E-state index in [1.54, 1.807) is 42.6 Å². The van der Waals surface area contributed by atoms with Gasteiger partial charge in [0.1, 0.15) is 11.4 Å². The van der Waals surface area contributed by atoms with Crippen LogP contribution < -0.4 is 21.2 Å². The Kier molecular flexibility index (Phi) is 6.37. The van der Waals surface area contributed by atoms with E-state index < -0.39 is 17.7 Å². The Morgan fingerprint density at radius 2 is 1.65 bits per heavy atom. The molecule has 4 aromatic rings. The molecule has 176 valence electrons. The topological polar surface area (TPSA) is 87.4 Å². The minimum atomic E-state index is -4.83. The van der Waals surface area contributed by atoms with Crippen molar-refractivity contribution in [1.82, 2.24) is 14.3 Å². The summed E-state index contributed by atoms with van der Waals surface area (Å²) in [7, 11) is 1.54. The lowest BCUT2D eigenvalue weighted by Gasteiger charge is -2.14. The van der Waals surface area contributed by atoms with Crippen molar-refractivity contribution in [3.8, 4) is 11.4 Å². The molecule has 1 N–H and O–H groups in total. The minimum absolute atomic E-state index is 0.221. The number of methoxy groups -OCH3 is 1. The summed E-state index contributed by atoms with van der Waals surface area (Å²) in [6, 6.07) is 14.7. The molecule has 2 heterocycles. The standard InChI is InChI=1S/C23H19F3N4O4/c1-33-14-13-29-12-4-7-19(22(29)32)27-20-17-5-2-3-6-18(17)21(31)30(28-20)15-8-10-16(11-9-15)34-23(24,25)26/h2-12H,13-14H2,1H3,(H,27,28). The first-order valence-corrected chi connectivity index (χ1v) is 10.1. The summed E-state index contributed by atoms with van der Waals surface area (Å²) in [5, 5.41) is 8.14. The Morgan fingerprint density at radius 1 is 0.941 bits per heavy atom. The molecular formula is C23H19F3N4O4. The normalized spacial score (nSPS) is 11.5. The average molecular weight is 472 g/mol. The minimum Gasteiger partial charge on any atom is -0.406 e. The number of pyridine rings is 1. The quantitative estimate of drug-likeness (QED) is 0.440. The second-order valence-electron chi connectivity index (χ2n) is 7.19. The summed E-state index contributed by atoms with van der Waals surface area (Å²) in [5.74, 6) is -0.197. The Bertz CT molecular complexity index is 1430. The van der Waals surface area contributed by atoms with Gasteiger partial charge in [0.2, 0.25) is 0 Å². The van der Waals surface area contributed by atoms with Crippen molar-refractivity contribution in [1.29, 1.82) is 0 Å². The number of ether oxygens (including phenoxy) is 2. The molecule has 4 rings (SSSR count). The monoisotopic (exact) mass is 472 g/mol. The number of fused-ring (bicyclic) bond motifs is 1. The molecule has 0 atom stereocenters. The van der Waals surface area contributed by atoms with Crippen molar-refractivity contribution >= 4 is 22.3 Å². The molecule has 0 saturated carbocycles. The molecule has 2 aromatic heterocycles. The van der Waals surface area contributed by atoms with E-state index in [1.165, 1.54) is 23.8 Å². The maximum Gasteiger partial charge on any atom is 0.573 e. The summed E-state index contributed by atoms with van der Waals surface area (Å²) in [6.07, 6.45) is -3.20. The fourth-order valence-corrected chi connectivity index (χ4v) is 3.37. The van der Waals surface area contributed by atoms with Crippen LogP contribution in [0.4, 0.5) is 24.7 Å². The highest BCUT2D eigenvalue weighted by atomic mass is 19.4. The van der Waals surface area contributed by atoms with Gasteiger partial charge < -0.3 is 19.4 Å². The predicted molar refractivity (Wildman–Crippen MR) is 120 cm³/mol. The first-order chi connectivity index (χ1) is 16.3. The van der Waals surface area contributed by atoms with Gasteiger partial charge in [-0.05, 0) is 42.5 Å². The van der Waals surface area contributed by atoms with E-state index >= 15 is 0 Å². The lowest BCUT2D eigenvalue weighted by atomic mass is 10.2. The second-order valence-corrected chi connectivity index (χ2v) is 7.19. The van der Waals surface area contributed by atoms with Crippen LogP contribution in [-0.2, 0) is 11.3 Å². The number of halogens is 3. The molecule has 0 aliphatic rings. The molecule has 0 fully saturated rings. The van der Waals surface area contributed by atoms with Gasteiger partial charge in [0.05, 0.1) is 17.7 Å². The molecule has 8 nitrogen and oxygen atoms in total. The lowest BCUT2D eigenvalue weighted by Crippen LogP contribution is -2.25. The number of nitrogens with zero attached hydrogens (tertiary/aromatic N) is 3. The van der Waals surface area contributed by atoms with E-state index in [-0.39, 0.29) is 22.8 Å². The first kappa shape index (κ1) is 23.1. The summed E-state index contributed by atoms with van der Waals surface area (Å²) < 4.78 is 48.8. The molecule has 0 spiro atoms. The van der Waals surface area contributed by atoms with Crippen LogP contribution in [0.25, 0.3) is 16.5 Å². The highest BCUT2D eigenvalue weighted by molar-refractivity contribution is 5.92. The van der Waals surface area contributed by atoms with E-state index in [9.17, 15) is 22.8 Å².